The highest BCUT2D eigenvalue weighted by molar-refractivity contribution is 7.92. The Morgan fingerprint density at radius 2 is 1.83 bits per heavy atom. The zero-order chi connectivity index (χ0) is 22.1. The Morgan fingerprint density at radius 1 is 1.17 bits per heavy atom. The first kappa shape index (κ1) is 23.2. The average molecular weight is 434 g/mol. The summed E-state index contributed by atoms with van der Waals surface area (Å²) in [6, 6.07) is 13.8. The van der Waals surface area contributed by atoms with Crippen LogP contribution in [0.3, 0.4) is 0 Å². The second-order valence-electron chi connectivity index (χ2n) is 7.01. The van der Waals surface area contributed by atoms with Gasteiger partial charge in [0.25, 0.3) is 5.91 Å². The van der Waals surface area contributed by atoms with Crippen molar-refractivity contribution in [3.8, 4) is 11.5 Å². The van der Waals surface area contributed by atoms with Gasteiger partial charge in [0.1, 0.15) is 18.0 Å². The summed E-state index contributed by atoms with van der Waals surface area (Å²) in [4.78, 5) is 12.3. The van der Waals surface area contributed by atoms with Crippen LogP contribution in [0.25, 0.3) is 0 Å². The fourth-order valence-electron chi connectivity index (χ4n) is 2.47. The van der Waals surface area contributed by atoms with Gasteiger partial charge in [-0.15, -0.1) is 0 Å². The first-order chi connectivity index (χ1) is 14.2. The van der Waals surface area contributed by atoms with Crippen molar-refractivity contribution < 1.29 is 22.7 Å². The quantitative estimate of drug-likeness (QED) is 0.459. The Bertz CT molecular complexity index is 972. The number of rotatable bonds is 10. The zero-order valence-corrected chi connectivity index (χ0v) is 18.3. The minimum Gasteiger partial charge on any atom is -0.495 e. The van der Waals surface area contributed by atoms with E-state index < -0.39 is 22.5 Å². The van der Waals surface area contributed by atoms with Crippen LogP contribution in [0.2, 0.25) is 0 Å². The van der Waals surface area contributed by atoms with Gasteiger partial charge in [-0.2, -0.15) is 5.10 Å². The van der Waals surface area contributed by atoms with Gasteiger partial charge < -0.3 is 9.47 Å². The van der Waals surface area contributed by atoms with Crippen molar-refractivity contribution in [3.63, 3.8) is 0 Å². The fourth-order valence-corrected chi connectivity index (χ4v) is 3.33. The molecule has 2 rings (SSSR count). The highest BCUT2D eigenvalue weighted by Crippen LogP contribution is 2.29. The van der Waals surface area contributed by atoms with Crippen LogP contribution >= 0.6 is 0 Å². The van der Waals surface area contributed by atoms with Crippen molar-refractivity contribution in [2.24, 2.45) is 11.0 Å². The number of amides is 1. The van der Waals surface area contributed by atoms with Crippen LogP contribution in [0.1, 0.15) is 19.4 Å². The molecule has 2 aromatic rings. The monoisotopic (exact) mass is 433 g/mol. The molecule has 0 bridgehead atoms. The summed E-state index contributed by atoms with van der Waals surface area (Å²) >= 11 is 0. The first-order valence-corrected chi connectivity index (χ1v) is 11.2. The lowest BCUT2D eigenvalue weighted by Crippen LogP contribution is -2.39. The molecular formula is C21H27N3O5S. The fraction of sp³-hybridized carbons (Fsp3) is 0.333. The van der Waals surface area contributed by atoms with Crippen molar-refractivity contribution in [2.75, 3.05) is 30.8 Å². The molecule has 0 saturated heterocycles. The maximum atomic E-state index is 12.3. The van der Waals surface area contributed by atoms with Crippen molar-refractivity contribution >= 4 is 27.8 Å². The minimum atomic E-state index is -3.71. The molecule has 30 heavy (non-hydrogen) atoms. The summed E-state index contributed by atoms with van der Waals surface area (Å²) in [7, 11) is -2.28. The number of hydrogen-bond acceptors (Lipinski definition) is 6. The topological polar surface area (TPSA) is 97.3 Å². The third kappa shape index (κ3) is 7.07. The highest BCUT2D eigenvalue weighted by Gasteiger charge is 2.23. The molecule has 0 atom stereocenters. The number of nitrogens with one attached hydrogen (secondary N) is 1. The maximum Gasteiger partial charge on any atom is 0.260 e. The lowest BCUT2D eigenvalue weighted by Gasteiger charge is -2.23. The zero-order valence-electron chi connectivity index (χ0n) is 17.5. The van der Waals surface area contributed by atoms with E-state index in [0.717, 1.165) is 21.9 Å². The molecule has 0 saturated carbocycles. The lowest BCUT2D eigenvalue weighted by molar-refractivity contribution is -0.119. The molecular weight excluding hydrogens is 406 g/mol. The normalized spacial score (nSPS) is 11.5. The van der Waals surface area contributed by atoms with Crippen LogP contribution in [-0.4, -0.2) is 47.1 Å². The van der Waals surface area contributed by atoms with Gasteiger partial charge in [0.05, 0.1) is 31.9 Å². The van der Waals surface area contributed by atoms with E-state index in [2.05, 4.69) is 24.4 Å². The predicted molar refractivity (Wildman–Crippen MR) is 118 cm³/mol. The van der Waals surface area contributed by atoms with E-state index in [1.165, 1.54) is 13.3 Å². The van der Waals surface area contributed by atoms with E-state index in [1.54, 1.807) is 24.3 Å². The van der Waals surface area contributed by atoms with Crippen LogP contribution < -0.4 is 19.2 Å². The van der Waals surface area contributed by atoms with Gasteiger partial charge in [-0.3, -0.25) is 9.10 Å². The number of benzene rings is 2. The summed E-state index contributed by atoms with van der Waals surface area (Å²) in [5, 5.41) is 3.90. The number of carbonyl (C=O) groups is 1. The van der Waals surface area contributed by atoms with E-state index in [0.29, 0.717) is 18.3 Å². The summed E-state index contributed by atoms with van der Waals surface area (Å²) in [6.07, 6.45) is 2.50. The molecule has 0 spiro atoms. The van der Waals surface area contributed by atoms with Gasteiger partial charge in [0.15, 0.2) is 0 Å². The van der Waals surface area contributed by atoms with Gasteiger partial charge in [-0.05, 0) is 47.9 Å². The number of anilines is 1. The Hall–Kier alpha value is -3.07. The second kappa shape index (κ2) is 10.6. The maximum absolute atomic E-state index is 12.3. The molecule has 1 amide bonds. The number of para-hydroxylation sites is 2. The van der Waals surface area contributed by atoms with Gasteiger partial charge in [-0.25, -0.2) is 13.8 Å². The Balaban J connectivity index is 2.01. The Kier molecular flexibility index (Phi) is 8.23. The first-order valence-electron chi connectivity index (χ1n) is 9.36. The third-order valence-electron chi connectivity index (χ3n) is 3.91. The molecule has 2 aromatic carbocycles. The molecule has 0 unspecified atom stereocenters. The molecule has 0 aliphatic heterocycles. The predicted octanol–water partition coefficient (Wildman–Crippen LogP) is 2.65. The summed E-state index contributed by atoms with van der Waals surface area (Å²) in [5.41, 5.74) is 3.39. The van der Waals surface area contributed by atoms with Crippen molar-refractivity contribution in [3.05, 3.63) is 54.1 Å². The van der Waals surface area contributed by atoms with Crippen LogP contribution in [-0.2, 0) is 14.8 Å². The van der Waals surface area contributed by atoms with E-state index in [9.17, 15) is 13.2 Å². The number of hydrogen-bond donors (Lipinski definition) is 1. The molecule has 0 aliphatic carbocycles. The molecule has 162 valence electrons. The lowest BCUT2D eigenvalue weighted by atomic mass is 10.2. The van der Waals surface area contributed by atoms with Gasteiger partial charge >= 0.3 is 0 Å². The number of ether oxygens (including phenoxy) is 2. The van der Waals surface area contributed by atoms with E-state index in [4.69, 9.17) is 9.47 Å². The molecule has 0 radical (unpaired) electrons. The minimum absolute atomic E-state index is 0.276. The van der Waals surface area contributed by atoms with Gasteiger partial charge in [0.2, 0.25) is 10.0 Å². The molecule has 8 nitrogen and oxygen atoms in total. The molecule has 9 heteroatoms. The smallest absolute Gasteiger partial charge is 0.260 e. The van der Waals surface area contributed by atoms with Crippen molar-refractivity contribution in [1.29, 1.82) is 0 Å². The number of nitrogens with zero attached hydrogens (tertiary/aromatic N) is 2. The Labute approximate surface area is 177 Å². The van der Waals surface area contributed by atoms with Crippen LogP contribution in [0.4, 0.5) is 5.69 Å². The highest BCUT2D eigenvalue weighted by atomic mass is 32.2. The van der Waals surface area contributed by atoms with Crippen LogP contribution in [0, 0.1) is 5.92 Å². The van der Waals surface area contributed by atoms with Crippen LogP contribution in [0.15, 0.2) is 53.6 Å². The number of sulfonamides is 1. The molecule has 0 aliphatic rings. The SMILES string of the molecule is COc1ccccc1N(CC(=O)N/N=C\c1ccc(OCC(C)C)cc1)S(C)(=O)=O. The number of carbonyl (C=O) groups excluding carboxylic acids is 1. The second-order valence-corrected chi connectivity index (χ2v) is 8.92. The average Bonchev–Trinajstić information content (AvgIpc) is 2.70. The van der Waals surface area contributed by atoms with E-state index >= 15 is 0 Å². The summed E-state index contributed by atoms with van der Waals surface area (Å²) in [5.74, 6) is 0.952. The summed E-state index contributed by atoms with van der Waals surface area (Å²) < 4.78 is 36.2. The standard InChI is InChI=1S/C21H27N3O5S/c1-16(2)15-29-18-11-9-17(10-12-18)13-22-23-21(25)14-24(30(4,26)27)19-7-5-6-8-20(19)28-3/h5-13,16H,14-15H2,1-4H3,(H,23,25)/b22-13-. The Morgan fingerprint density at radius 3 is 2.43 bits per heavy atom. The molecule has 0 aromatic heterocycles. The van der Waals surface area contributed by atoms with Crippen molar-refractivity contribution in [1.82, 2.24) is 5.43 Å². The molecule has 0 heterocycles. The number of methoxy groups -OCH3 is 1. The van der Waals surface area contributed by atoms with Gasteiger partial charge in [0, 0.05) is 0 Å². The number of hydrazone groups is 1. The van der Waals surface area contributed by atoms with Crippen LogP contribution in [0.5, 0.6) is 11.5 Å². The van der Waals surface area contributed by atoms with Crippen molar-refractivity contribution in [2.45, 2.75) is 13.8 Å². The molecule has 0 fully saturated rings. The third-order valence-corrected chi connectivity index (χ3v) is 5.03. The largest absolute Gasteiger partial charge is 0.495 e. The van der Waals surface area contributed by atoms with Gasteiger partial charge in [-0.1, -0.05) is 26.0 Å². The van der Waals surface area contributed by atoms with E-state index in [-0.39, 0.29) is 5.69 Å². The summed E-state index contributed by atoms with van der Waals surface area (Å²) in [6.45, 7) is 4.34. The van der Waals surface area contributed by atoms with E-state index in [1.807, 2.05) is 24.3 Å². The molecule has 1 N–H and O–H groups in total.